The predicted octanol–water partition coefficient (Wildman–Crippen LogP) is 3.02. The van der Waals surface area contributed by atoms with E-state index in [4.69, 9.17) is 9.98 Å². The molecule has 2 atom stereocenters. The van der Waals surface area contributed by atoms with Gasteiger partial charge in [0, 0.05) is 0 Å². The van der Waals surface area contributed by atoms with Crippen LogP contribution in [0.3, 0.4) is 0 Å². The van der Waals surface area contributed by atoms with Gasteiger partial charge in [0.1, 0.15) is 5.84 Å². The minimum absolute atomic E-state index is 0.503. The Morgan fingerprint density at radius 2 is 1.95 bits per heavy atom. The van der Waals surface area contributed by atoms with Gasteiger partial charge in [-0.05, 0) is 37.3 Å². The van der Waals surface area contributed by atoms with Crippen LogP contribution >= 0.6 is 0 Å². The molecule has 19 heavy (non-hydrogen) atoms. The zero-order valence-electron chi connectivity index (χ0n) is 11.1. The highest BCUT2D eigenvalue weighted by molar-refractivity contribution is 6.42. The molecule has 1 N–H and O–H groups in total. The molecule has 3 nitrogen and oxygen atoms in total. The van der Waals surface area contributed by atoms with E-state index in [1.807, 2.05) is 0 Å². The number of aliphatic imine (C=N–C) groups is 2. The minimum Gasteiger partial charge on any atom is -0.364 e. The van der Waals surface area contributed by atoms with E-state index in [0.717, 1.165) is 30.1 Å². The molecule has 2 heterocycles. The predicted molar refractivity (Wildman–Crippen MR) is 78.5 cm³/mol. The van der Waals surface area contributed by atoms with Gasteiger partial charge < -0.3 is 5.32 Å². The highest BCUT2D eigenvalue weighted by atomic mass is 15.1. The number of para-hydroxylation sites is 1. The lowest BCUT2D eigenvalue weighted by Gasteiger charge is -2.23. The summed E-state index contributed by atoms with van der Waals surface area (Å²) in [6.45, 7) is 0. The molecule has 0 amide bonds. The van der Waals surface area contributed by atoms with Crippen LogP contribution in [-0.2, 0) is 6.42 Å². The van der Waals surface area contributed by atoms with Crippen molar-refractivity contribution in [2.45, 2.75) is 50.6 Å². The Morgan fingerprint density at radius 1 is 1.05 bits per heavy atom. The Morgan fingerprint density at radius 3 is 2.89 bits per heavy atom. The molecule has 0 aromatic heterocycles. The molecule has 0 bridgehead atoms. The summed E-state index contributed by atoms with van der Waals surface area (Å²) >= 11 is 0. The number of nitrogens with one attached hydrogen (secondary N) is 1. The van der Waals surface area contributed by atoms with Gasteiger partial charge >= 0.3 is 0 Å². The Hall–Kier alpha value is -1.64. The summed E-state index contributed by atoms with van der Waals surface area (Å²) in [6.07, 6.45) is 7.28. The second kappa shape index (κ2) is 4.48. The summed E-state index contributed by atoms with van der Waals surface area (Å²) in [6, 6.07) is 9.53. The van der Waals surface area contributed by atoms with Gasteiger partial charge in [-0.25, -0.2) is 4.99 Å². The molecule has 1 aliphatic carbocycles. The highest BCUT2D eigenvalue weighted by Gasteiger charge is 2.32. The van der Waals surface area contributed by atoms with Crippen LogP contribution in [0.5, 0.6) is 0 Å². The molecule has 1 aromatic rings. The molecule has 0 unspecified atom stereocenters. The fraction of sp³-hybridized carbons (Fsp3) is 0.500. The van der Waals surface area contributed by atoms with E-state index >= 15 is 0 Å². The van der Waals surface area contributed by atoms with E-state index in [2.05, 4.69) is 29.6 Å². The number of amidine groups is 1. The summed E-state index contributed by atoms with van der Waals surface area (Å²) in [4.78, 5) is 9.69. The number of fused-ring (bicyclic) bond motifs is 2. The van der Waals surface area contributed by atoms with Crippen molar-refractivity contribution in [3.63, 3.8) is 0 Å². The molecule has 0 spiro atoms. The standard InChI is InChI=1S/C16H19N3/c1-2-6-12-11(5-1)9-10-15(17-12)16-18-13-7-3-4-8-14(13)19-16/h1-2,5-6,13-14H,3-4,7-10H2,(H,18,19)/t13-,14+. The molecule has 2 aliphatic heterocycles. The smallest absolute Gasteiger partial charge is 0.143 e. The van der Waals surface area contributed by atoms with Gasteiger partial charge in [0.25, 0.3) is 0 Å². The third kappa shape index (κ3) is 1.97. The monoisotopic (exact) mass is 253 g/mol. The molecule has 0 radical (unpaired) electrons. The molecule has 3 heteroatoms. The molecule has 3 aliphatic rings. The SMILES string of the molecule is c1ccc2c(c1)CCC(C1=N[C@@H]3CCCC[C@@H]3N1)=N2. The van der Waals surface area contributed by atoms with E-state index in [1.165, 1.54) is 31.2 Å². The molecule has 4 rings (SSSR count). The first-order valence-electron chi connectivity index (χ1n) is 7.40. The zero-order chi connectivity index (χ0) is 12.7. The number of hydrogen-bond acceptors (Lipinski definition) is 3. The van der Waals surface area contributed by atoms with Crippen LogP contribution in [0, 0.1) is 0 Å². The highest BCUT2D eigenvalue weighted by Crippen LogP contribution is 2.29. The van der Waals surface area contributed by atoms with E-state index in [-0.39, 0.29) is 0 Å². The molecule has 1 saturated carbocycles. The van der Waals surface area contributed by atoms with E-state index in [9.17, 15) is 0 Å². The summed E-state index contributed by atoms with van der Waals surface area (Å²) in [5.74, 6) is 1.08. The van der Waals surface area contributed by atoms with Gasteiger partial charge in [-0.15, -0.1) is 0 Å². The molecule has 1 aromatic carbocycles. The quantitative estimate of drug-likeness (QED) is 0.820. The summed E-state index contributed by atoms with van der Waals surface area (Å²) in [5, 5.41) is 3.61. The van der Waals surface area contributed by atoms with E-state index in [1.54, 1.807) is 0 Å². The topological polar surface area (TPSA) is 36.8 Å². The lowest BCUT2D eigenvalue weighted by molar-refractivity contribution is 0.385. The van der Waals surface area contributed by atoms with Crippen molar-refractivity contribution in [1.82, 2.24) is 5.32 Å². The third-order valence-corrected chi connectivity index (χ3v) is 4.50. The van der Waals surface area contributed by atoms with Crippen LogP contribution in [-0.4, -0.2) is 23.6 Å². The Labute approximate surface area is 113 Å². The Balaban J connectivity index is 1.62. The second-order valence-corrected chi connectivity index (χ2v) is 5.77. The number of rotatable bonds is 1. The Bertz CT molecular complexity index is 559. The summed E-state index contributed by atoms with van der Waals surface area (Å²) in [7, 11) is 0. The maximum Gasteiger partial charge on any atom is 0.143 e. The first kappa shape index (κ1) is 11.2. The molecular weight excluding hydrogens is 234 g/mol. The van der Waals surface area contributed by atoms with Crippen molar-refractivity contribution in [2.24, 2.45) is 9.98 Å². The number of benzene rings is 1. The number of aryl methyl sites for hydroxylation is 1. The molecule has 1 fully saturated rings. The van der Waals surface area contributed by atoms with Crippen molar-refractivity contribution < 1.29 is 0 Å². The average molecular weight is 253 g/mol. The van der Waals surface area contributed by atoms with Crippen LogP contribution in [0.2, 0.25) is 0 Å². The lowest BCUT2D eigenvalue weighted by Crippen LogP contribution is -2.39. The molecular formula is C16H19N3. The van der Waals surface area contributed by atoms with Crippen molar-refractivity contribution in [2.75, 3.05) is 0 Å². The first-order chi connectivity index (χ1) is 9.40. The number of nitrogens with zero attached hydrogens (tertiary/aromatic N) is 2. The van der Waals surface area contributed by atoms with Crippen LogP contribution in [0.25, 0.3) is 0 Å². The van der Waals surface area contributed by atoms with E-state index < -0.39 is 0 Å². The van der Waals surface area contributed by atoms with Crippen LogP contribution < -0.4 is 5.32 Å². The van der Waals surface area contributed by atoms with Gasteiger partial charge in [-0.2, -0.15) is 0 Å². The van der Waals surface area contributed by atoms with E-state index in [0.29, 0.717) is 12.1 Å². The normalized spacial score (nSPS) is 28.8. The van der Waals surface area contributed by atoms with Crippen molar-refractivity contribution in [3.05, 3.63) is 29.8 Å². The van der Waals surface area contributed by atoms with Gasteiger partial charge in [0.05, 0.1) is 23.5 Å². The molecule has 98 valence electrons. The largest absolute Gasteiger partial charge is 0.364 e. The Kier molecular flexibility index (Phi) is 2.64. The fourth-order valence-electron chi connectivity index (χ4n) is 3.43. The average Bonchev–Trinajstić information content (AvgIpc) is 2.90. The summed E-state index contributed by atoms with van der Waals surface area (Å²) in [5.41, 5.74) is 3.65. The fourth-order valence-corrected chi connectivity index (χ4v) is 3.43. The van der Waals surface area contributed by atoms with Crippen LogP contribution in [0.15, 0.2) is 34.3 Å². The zero-order valence-corrected chi connectivity index (χ0v) is 11.1. The van der Waals surface area contributed by atoms with Gasteiger partial charge in [0.2, 0.25) is 0 Å². The lowest BCUT2D eigenvalue weighted by atomic mass is 9.92. The molecule has 0 saturated heterocycles. The number of hydrogen-bond donors (Lipinski definition) is 1. The van der Waals surface area contributed by atoms with Gasteiger partial charge in [0.15, 0.2) is 0 Å². The summed E-state index contributed by atoms with van der Waals surface area (Å²) < 4.78 is 0. The van der Waals surface area contributed by atoms with Crippen LogP contribution in [0.1, 0.15) is 37.7 Å². The minimum atomic E-state index is 0.503. The van der Waals surface area contributed by atoms with Gasteiger partial charge in [-0.3, -0.25) is 4.99 Å². The first-order valence-corrected chi connectivity index (χ1v) is 7.40. The van der Waals surface area contributed by atoms with Crippen molar-refractivity contribution in [3.8, 4) is 0 Å². The maximum absolute atomic E-state index is 4.88. The van der Waals surface area contributed by atoms with Crippen molar-refractivity contribution >= 4 is 17.2 Å². The van der Waals surface area contributed by atoms with Crippen molar-refractivity contribution in [1.29, 1.82) is 0 Å². The maximum atomic E-state index is 4.88. The van der Waals surface area contributed by atoms with Gasteiger partial charge in [-0.1, -0.05) is 31.0 Å². The third-order valence-electron chi connectivity index (χ3n) is 4.50. The second-order valence-electron chi connectivity index (χ2n) is 5.77. The van der Waals surface area contributed by atoms with Crippen LogP contribution in [0.4, 0.5) is 5.69 Å².